The summed E-state index contributed by atoms with van der Waals surface area (Å²) in [5.74, 6) is -1.93. The fraction of sp³-hybridized carbons (Fsp3) is 1.00. The number of rotatable bonds is 2. The predicted molar refractivity (Wildman–Crippen MR) is 40.8 cm³/mol. The SMILES string of the molecule is C[C@H]1CCN(CC(C)(F)F)C1. The highest BCUT2D eigenvalue weighted by Crippen LogP contribution is 2.20. The van der Waals surface area contributed by atoms with Crippen LogP contribution in [0.25, 0.3) is 0 Å². The summed E-state index contributed by atoms with van der Waals surface area (Å²) in [5.41, 5.74) is 0. The van der Waals surface area contributed by atoms with Crippen LogP contribution in [0.1, 0.15) is 20.3 Å². The van der Waals surface area contributed by atoms with Crippen LogP contribution in [0.15, 0.2) is 0 Å². The van der Waals surface area contributed by atoms with E-state index in [0.717, 1.165) is 26.4 Å². The summed E-state index contributed by atoms with van der Waals surface area (Å²) >= 11 is 0. The Bertz CT molecular complexity index is 131. The quantitative estimate of drug-likeness (QED) is 0.601. The van der Waals surface area contributed by atoms with Crippen molar-refractivity contribution in [3.63, 3.8) is 0 Å². The molecular weight excluding hydrogens is 148 g/mol. The van der Waals surface area contributed by atoms with E-state index in [2.05, 4.69) is 6.92 Å². The van der Waals surface area contributed by atoms with Gasteiger partial charge in [-0.1, -0.05) is 6.92 Å². The van der Waals surface area contributed by atoms with E-state index in [1.807, 2.05) is 4.90 Å². The number of likely N-dealkylation sites (tertiary alicyclic amines) is 1. The number of hydrogen-bond acceptors (Lipinski definition) is 1. The number of halogens is 2. The van der Waals surface area contributed by atoms with Gasteiger partial charge in [-0.15, -0.1) is 0 Å². The maximum atomic E-state index is 12.5. The first-order chi connectivity index (χ1) is 4.97. The third kappa shape index (κ3) is 3.14. The summed E-state index contributed by atoms with van der Waals surface area (Å²) in [7, 11) is 0. The average Bonchev–Trinajstić information content (AvgIpc) is 2.10. The fourth-order valence-electron chi connectivity index (χ4n) is 1.56. The molecule has 0 spiro atoms. The molecule has 66 valence electrons. The van der Waals surface area contributed by atoms with Gasteiger partial charge in [0.15, 0.2) is 0 Å². The van der Waals surface area contributed by atoms with Crippen LogP contribution >= 0.6 is 0 Å². The van der Waals surface area contributed by atoms with Crippen molar-refractivity contribution in [2.75, 3.05) is 19.6 Å². The Balaban J connectivity index is 2.29. The van der Waals surface area contributed by atoms with Crippen molar-refractivity contribution in [1.29, 1.82) is 0 Å². The Kier molecular flexibility index (Phi) is 2.47. The Morgan fingerprint density at radius 3 is 2.55 bits per heavy atom. The van der Waals surface area contributed by atoms with Gasteiger partial charge < -0.3 is 0 Å². The summed E-state index contributed by atoms with van der Waals surface area (Å²) in [6, 6.07) is 0. The van der Waals surface area contributed by atoms with Crippen molar-refractivity contribution in [3.8, 4) is 0 Å². The van der Waals surface area contributed by atoms with E-state index in [0.29, 0.717) is 5.92 Å². The van der Waals surface area contributed by atoms with Gasteiger partial charge in [0.1, 0.15) is 0 Å². The zero-order chi connectivity index (χ0) is 8.48. The minimum absolute atomic E-state index is 0.0721. The highest BCUT2D eigenvalue weighted by molar-refractivity contribution is 4.75. The fourth-order valence-corrected chi connectivity index (χ4v) is 1.56. The molecule has 1 atom stereocenters. The summed E-state index contributed by atoms with van der Waals surface area (Å²) in [5, 5.41) is 0. The molecule has 0 aromatic heterocycles. The van der Waals surface area contributed by atoms with E-state index >= 15 is 0 Å². The van der Waals surface area contributed by atoms with Gasteiger partial charge >= 0.3 is 0 Å². The lowest BCUT2D eigenvalue weighted by molar-refractivity contribution is -0.00922. The predicted octanol–water partition coefficient (Wildman–Crippen LogP) is 1.98. The van der Waals surface area contributed by atoms with Crippen LogP contribution < -0.4 is 0 Å². The molecule has 0 saturated carbocycles. The van der Waals surface area contributed by atoms with Gasteiger partial charge in [0, 0.05) is 13.5 Å². The third-order valence-electron chi connectivity index (χ3n) is 2.01. The molecule has 0 amide bonds. The monoisotopic (exact) mass is 163 g/mol. The van der Waals surface area contributed by atoms with Crippen LogP contribution in [0.3, 0.4) is 0 Å². The molecule has 1 aliphatic rings. The third-order valence-corrected chi connectivity index (χ3v) is 2.01. The van der Waals surface area contributed by atoms with E-state index < -0.39 is 5.92 Å². The number of hydrogen-bond donors (Lipinski definition) is 0. The van der Waals surface area contributed by atoms with Gasteiger partial charge in [0.25, 0.3) is 5.92 Å². The standard InChI is InChI=1S/C8H15F2N/c1-7-3-4-11(5-7)6-8(2,9)10/h7H,3-6H2,1-2H3/t7-/m0/s1. The zero-order valence-corrected chi connectivity index (χ0v) is 7.11. The first-order valence-electron chi connectivity index (χ1n) is 4.07. The van der Waals surface area contributed by atoms with Gasteiger partial charge in [0.2, 0.25) is 0 Å². The molecule has 3 heteroatoms. The molecule has 0 unspecified atom stereocenters. The molecule has 0 N–H and O–H groups in total. The normalized spacial score (nSPS) is 27.8. The molecule has 0 aliphatic carbocycles. The first-order valence-corrected chi connectivity index (χ1v) is 4.07. The molecule has 0 aromatic rings. The van der Waals surface area contributed by atoms with Crippen LogP contribution in [-0.2, 0) is 0 Å². The van der Waals surface area contributed by atoms with E-state index in [4.69, 9.17) is 0 Å². The Hall–Kier alpha value is -0.180. The van der Waals surface area contributed by atoms with Crippen molar-refractivity contribution < 1.29 is 8.78 Å². The summed E-state index contributed by atoms with van der Waals surface area (Å²) in [6.45, 7) is 4.69. The molecule has 1 saturated heterocycles. The highest BCUT2D eigenvalue weighted by Gasteiger charge is 2.28. The van der Waals surface area contributed by atoms with Crippen LogP contribution in [0.4, 0.5) is 8.78 Å². The average molecular weight is 163 g/mol. The van der Waals surface area contributed by atoms with Crippen molar-refractivity contribution >= 4 is 0 Å². The van der Waals surface area contributed by atoms with Gasteiger partial charge in [-0.2, -0.15) is 0 Å². The first kappa shape index (κ1) is 8.91. The van der Waals surface area contributed by atoms with E-state index in [1.54, 1.807) is 0 Å². The lowest BCUT2D eigenvalue weighted by atomic mass is 10.2. The molecule has 1 aliphatic heterocycles. The van der Waals surface area contributed by atoms with Gasteiger partial charge in [-0.25, -0.2) is 8.78 Å². The topological polar surface area (TPSA) is 3.24 Å². The van der Waals surface area contributed by atoms with Crippen LogP contribution in [0, 0.1) is 5.92 Å². The molecular formula is C8H15F2N. The van der Waals surface area contributed by atoms with Crippen LogP contribution in [-0.4, -0.2) is 30.5 Å². The smallest absolute Gasteiger partial charge is 0.257 e. The second kappa shape index (κ2) is 3.05. The minimum atomic E-state index is -2.52. The summed E-state index contributed by atoms with van der Waals surface area (Å²) in [6.07, 6.45) is 1.07. The molecule has 1 rings (SSSR count). The van der Waals surface area contributed by atoms with Crippen molar-refractivity contribution in [1.82, 2.24) is 4.90 Å². The Morgan fingerprint density at radius 1 is 1.55 bits per heavy atom. The van der Waals surface area contributed by atoms with Crippen LogP contribution in [0.5, 0.6) is 0 Å². The van der Waals surface area contributed by atoms with E-state index in [-0.39, 0.29) is 6.54 Å². The molecule has 1 fully saturated rings. The number of nitrogens with zero attached hydrogens (tertiary/aromatic N) is 1. The molecule has 11 heavy (non-hydrogen) atoms. The van der Waals surface area contributed by atoms with Crippen LogP contribution in [0.2, 0.25) is 0 Å². The van der Waals surface area contributed by atoms with Gasteiger partial charge in [-0.3, -0.25) is 4.90 Å². The maximum absolute atomic E-state index is 12.5. The molecule has 0 bridgehead atoms. The second-order valence-electron chi connectivity index (χ2n) is 3.70. The van der Waals surface area contributed by atoms with E-state index in [1.165, 1.54) is 0 Å². The molecule has 0 aromatic carbocycles. The minimum Gasteiger partial charge on any atom is -0.297 e. The summed E-state index contributed by atoms with van der Waals surface area (Å²) in [4.78, 5) is 1.84. The van der Waals surface area contributed by atoms with Gasteiger partial charge in [0.05, 0.1) is 6.54 Å². The van der Waals surface area contributed by atoms with Gasteiger partial charge in [-0.05, 0) is 18.9 Å². The van der Waals surface area contributed by atoms with Crippen molar-refractivity contribution in [2.24, 2.45) is 5.92 Å². The van der Waals surface area contributed by atoms with E-state index in [9.17, 15) is 8.78 Å². The van der Waals surface area contributed by atoms with Crippen molar-refractivity contribution in [2.45, 2.75) is 26.2 Å². The Labute approximate surface area is 66.4 Å². The Morgan fingerprint density at radius 2 is 2.18 bits per heavy atom. The summed E-state index contributed by atoms with van der Waals surface area (Å²) < 4.78 is 24.9. The molecule has 1 heterocycles. The van der Waals surface area contributed by atoms with Crippen molar-refractivity contribution in [3.05, 3.63) is 0 Å². The lowest BCUT2D eigenvalue weighted by Gasteiger charge is -2.19. The highest BCUT2D eigenvalue weighted by atomic mass is 19.3. The lowest BCUT2D eigenvalue weighted by Crippen LogP contribution is -2.33. The largest absolute Gasteiger partial charge is 0.297 e. The zero-order valence-electron chi connectivity index (χ0n) is 7.11. The maximum Gasteiger partial charge on any atom is 0.257 e. The molecule has 1 nitrogen and oxygen atoms in total. The second-order valence-corrected chi connectivity index (χ2v) is 3.70. The molecule has 0 radical (unpaired) electrons. The number of alkyl halides is 2.